The first kappa shape index (κ1) is 17.3. The first-order chi connectivity index (χ1) is 13.2. The molecule has 1 aromatic heterocycles. The molecule has 6 nitrogen and oxygen atoms in total. The van der Waals surface area contributed by atoms with Gasteiger partial charge in [0.25, 0.3) is 5.91 Å². The molecule has 3 aromatic rings. The van der Waals surface area contributed by atoms with Crippen LogP contribution >= 0.6 is 0 Å². The number of benzene rings is 2. The lowest BCUT2D eigenvalue weighted by Crippen LogP contribution is -2.37. The van der Waals surface area contributed by atoms with E-state index < -0.39 is 0 Å². The lowest BCUT2D eigenvalue weighted by Gasteiger charge is -2.18. The number of hydrogen-bond acceptors (Lipinski definition) is 4. The van der Waals surface area contributed by atoms with Gasteiger partial charge in [0.05, 0.1) is 6.04 Å². The minimum absolute atomic E-state index is 0.0455. The first-order valence-electron chi connectivity index (χ1n) is 9.13. The number of oxazole rings is 1. The number of hydrogen-bond donors (Lipinski definition) is 1. The molecule has 0 unspecified atom stereocenters. The molecule has 1 fully saturated rings. The van der Waals surface area contributed by atoms with Crippen LogP contribution in [-0.2, 0) is 17.8 Å². The van der Waals surface area contributed by atoms with Crippen LogP contribution in [0.3, 0.4) is 0 Å². The summed E-state index contributed by atoms with van der Waals surface area (Å²) in [7, 11) is 0. The number of nitrogens with one attached hydrogen (secondary N) is 1. The number of carbonyl (C=O) groups is 2. The average Bonchev–Trinajstić information content (AvgIpc) is 3.29. The molecule has 4 rings (SSSR count). The molecule has 1 aliphatic heterocycles. The van der Waals surface area contributed by atoms with Crippen molar-refractivity contribution in [3.8, 4) is 0 Å². The number of aromatic nitrogens is 1. The summed E-state index contributed by atoms with van der Waals surface area (Å²) in [5, 5.41) is 5.22. The molecule has 27 heavy (non-hydrogen) atoms. The number of fused-ring (bicyclic) bond motifs is 1. The molecule has 0 saturated carbocycles. The van der Waals surface area contributed by atoms with Crippen molar-refractivity contribution in [3.63, 3.8) is 0 Å². The summed E-state index contributed by atoms with van der Waals surface area (Å²) in [4.78, 5) is 30.7. The smallest absolute Gasteiger partial charge is 0.273 e. The van der Waals surface area contributed by atoms with Crippen molar-refractivity contribution in [3.05, 3.63) is 65.9 Å². The Balaban J connectivity index is 1.45. The highest BCUT2D eigenvalue weighted by Crippen LogP contribution is 2.22. The fourth-order valence-electron chi connectivity index (χ4n) is 3.62. The Morgan fingerprint density at radius 1 is 1.26 bits per heavy atom. The molecule has 138 valence electrons. The van der Waals surface area contributed by atoms with Gasteiger partial charge in [0, 0.05) is 25.9 Å². The van der Waals surface area contributed by atoms with Crippen molar-refractivity contribution in [2.75, 3.05) is 6.54 Å². The van der Waals surface area contributed by atoms with E-state index in [-0.39, 0.29) is 17.9 Å². The summed E-state index contributed by atoms with van der Waals surface area (Å²) in [6, 6.07) is 14.0. The molecule has 6 heteroatoms. The maximum absolute atomic E-state index is 12.5. The van der Waals surface area contributed by atoms with E-state index in [1.807, 2.05) is 31.2 Å². The molecular formula is C21H21N3O3. The predicted molar refractivity (Wildman–Crippen MR) is 101 cm³/mol. The number of carbonyl (C=O) groups excluding carboxylic acids is 2. The number of aryl methyl sites for hydroxylation is 1. The molecule has 2 amide bonds. The minimum Gasteiger partial charge on any atom is -0.448 e. The number of nitrogens with zero attached hydrogens (tertiary/aromatic N) is 2. The van der Waals surface area contributed by atoms with Gasteiger partial charge in [0.1, 0.15) is 5.76 Å². The molecule has 1 saturated heterocycles. The van der Waals surface area contributed by atoms with Crippen LogP contribution in [0.25, 0.3) is 10.8 Å². The molecular weight excluding hydrogens is 342 g/mol. The van der Waals surface area contributed by atoms with Gasteiger partial charge in [-0.05, 0) is 16.3 Å². The Bertz CT molecular complexity index is 990. The highest BCUT2D eigenvalue weighted by Gasteiger charge is 2.31. The Labute approximate surface area is 157 Å². The summed E-state index contributed by atoms with van der Waals surface area (Å²) in [6.45, 7) is 2.94. The monoisotopic (exact) mass is 363 g/mol. The van der Waals surface area contributed by atoms with Crippen LogP contribution in [0.2, 0.25) is 0 Å². The minimum atomic E-state index is -0.287. The second-order valence-electron chi connectivity index (χ2n) is 6.76. The Morgan fingerprint density at radius 2 is 2.07 bits per heavy atom. The molecule has 0 bridgehead atoms. The van der Waals surface area contributed by atoms with Gasteiger partial charge in [-0.3, -0.25) is 9.59 Å². The summed E-state index contributed by atoms with van der Waals surface area (Å²) in [6.07, 6.45) is 2.18. The van der Waals surface area contributed by atoms with Gasteiger partial charge >= 0.3 is 0 Å². The van der Waals surface area contributed by atoms with E-state index in [1.54, 1.807) is 4.90 Å². The highest BCUT2D eigenvalue weighted by atomic mass is 16.3. The standard InChI is InChI=1S/C21H21N3O3/c1-2-18-20(22-13-27-18)21(26)23-16-10-19(25)24(12-16)11-15-8-5-7-14-6-3-4-9-17(14)15/h3-9,13,16H,2,10-12H2,1H3,(H,23,26)/t16-/m1/s1. The summed E-state index contributed by atoms with van der Waals surface area (Å²) in [5.74, 6) is 0.318. The van der Waals surface area contributed by atoms with Crippen molar-refractivity contribution >= 4 is 22.6 Å². The normalized spacial score (nSPS) is 16.9. The van der Waals surface area contributed by atoms with Crippen LogP contribution in [0.15, 0.2) is 53.3 Å². The van der Waals surface area contributed by atoms with E-state index in [2.05, 4.69) is 28.5 Å². The van der Waals surface area contributed by atoms with Gasteiger partial charge in [-0.2, -0.15) is 0 Å². The zero-order chi connectivity index (χ0) is 18.8. The average molecular weight is 363 g/mol. The van der Waals surface area contributed by atoms with Crippen molar-refractivity contribution in [2.24, 2.45) is 0 Å². The lowest BCUT2D eigenvalue weighted by molar-refractivity contribution is -0.128. The van der Waals surface area contributed by atoms with Crippen LogP contribution in [-0.4, -0.2) is 34.3 Å². The number of amides is 2. The molecule has 0 radical (unpaired) electrons. The highest BCUT2D eigenvalue weighted by molar-refractivity contribution is 5.94. The summed E-state index contributed by atoms with van der Waals surface area (Å²) < 4.78 is 5.21. The van der Waals surface area contributed by atoms with Gasteiger partial charge in [-0.1, -0.05) is 49.4 Å². The van der Waals surface area contributed by atoms with Gasteiger partial charge in [0.15, 0.2) is 12.1 Å². The van der Waals surface area contributed by atoms with E-state index in [4.69, 9.17) is 4.42 Å². The molecule has 2 aromatic carbocycles. The Hall–Kier alpha value is -3.15. The maximum atomic E-state index is 12.5. The number of rotatable bonds is 5. The maximum Gasteiger partial charge on any atom is 0.273 e. The van der Waals surface area contributed by atoms with E-state index in [0.29, 0.717) is 37.4 Å². The van der Waals surface area contributed by atoms with E-state index in [1.165, 1.54) is 6.39 Å². The third-order valence-corrected chi connectivity index (χ3v) is 4.97. The molecule has 1 aliphatic rings. The van der Waals surface area contributed by atoms with E-state index in [0.717, 1.165) is 16.3 Å². The Kier molecular flexibility index (Phi) is 4.62. The molecule has 2 heterocycles. The fourth-order valence-corrected chi connectivity index (χ4v) is 3.62. The molecule has 0 aliphatic carbocycles. The predicted octanol–water partition coefficient (Wildman–Crippen LogP) is 2.92. The van der Waals surface area contributed by atoms with Crippen molar-refractivity contribution in [1.82, 2.24) is 15.2 Å². The summed E-state index contributed by atoms with van der Waals surface area (Å²) >= 11 is 0. The van der Waals surface area contributed by atoms with Crippen molar-refractivity contribution in [2.45, 2.75) is 32.4 Å². The second kappa shape index (κ2) is 7.23. The third kappa shape index (κ3) is 3.43. The SMILES string of the molecule is CCc1ocnc1C(=O)N[C@@H]1CC(=O)N(Cc2cccc3ccccc23)C1. The topological polar surface area (TPSA) is 75.4 Å². The van der Waals surface area contributed by atoms with Gasteiger partial charge in [0.2, 0.25) is 5.91 Å². The van der Waals surface area contributed by atoms with Crippen molar-refractivity contribution in [1.29, 1.82) is 0 Å². The van der Waals surface area contributed by atoms with Gasteiger partial charge in [-0.25, -0.2) is 4.98 Å². The molecule has 0 spiro atoms. The van der Waals surface area contributed by atoms with Crippen molar-refractivity contribution < 1.29 is 14.0 Å². The Morgan fingerprint density at radius 3 is 2.93 bits per heavy atom. The van der Waals surface area contributed by atoms with E-state index in [9.17, 15) is 9.59 Å². The quantitative estimate of drug-likeness (QED) is 0.756. The molecule has 1 atom stereocenters. The third-order valence-electron chi connectivity index (χ3n) is 4.97. The van der Waals surface area contributed by atoms with E-state index >= 15 is 0 Å². The largest absolute Gasteiger partial charge is 0.448 e. The lowest BCUT2D eigenvalue weighted by atomic mass is 10.0. The fraction of sp³-hybridized carbons (Fsp3) is 0.286. The van der Waals surface area contributed by atoms with Gasteiger partial charge < -0.3 is 14.6 Å². The first-order valence-corrected chi connectivity index (χ1v) is 9.13. The van der Waals surface area contributed by atoms with Crippen LogP contribution in [0.1, 0.15) is 35.2 Å². The van der Waals surface area contributed by atoms with Crippen LogP contribution in [0.4, 0.5) is 0 Å². The molecule has 1 N–H and O–H groups in total. The van der Waals surface area contributed by atoms with Crippen LogP contribution in [0, 0.1) is 0 Å². The second-order valence-corrected chi connectivity index (χ2v) is 6.76. The van der Waals surface area contributed by atoms with Crippen LogP contribution < -0.4 is 5.32 Å². The van der Waals surface area contributed by atoms with Crippen LogP contribution in [0.5, 0.6) is 0 Å². The van der Waals surface area contributed by atoms with Gasteiger partial charge in [-0.15, -0.1) is 0 Å². The summed E-state index contributed by atoms with van der Waals surface area (Å²) in [5.41, 5.74) is 1.41. The zero-order valence-corrected chi connectivity index (χ0v) is 15.1. The zero-order valence-electron chi connectivity index (χ0n) is 15.1. The number of likely N-dealkylation sites (tertiary alicyclic amines) is 1.